The van der Waals surface area contributed by atoms with Crippen molar-refractivity contribution in [3.63, 3.8) is 0 Å². The largest absolute Gasteiger partial charge is 0.414 e. The maximum atomic E-state index is 6.66. The summed E-state index contributed by atoms with van der Waals surface area (Å²) in [6.45, 7) is 20.5. The Morgan fingerprint density at radius 2 is 1.67 bits per heavy atom. The van der Waals surface area contributed by atoms with Gasteiger partial charge in [0.1, 0.15) is 17.8 Å². The van der Waals surface area contributed by atoms with E-state index in [2.05, 4.69) is 59.8 Å². The molecule has 5 nitrogen and oxygen atoms in total. The molecule has 3 rings (SSSR count). The zero-order chi connectivity index (χ0) is 22.4. The van der Waals surface area contributed by atoms with Gasteiger partial charge in [-0.25, -0.2) is 0 Å². The summed E-state index contributed by atoms with van der Waals surface area (Å²) in [4.78, 5) is 0. The number of rotatable bonds is 7. The van der Waals surface area contributed by atoms with Gasteiger partial charge in [-0.05, 0) is 43.5 Å². The third-order valence-corrected chi connectivity index (χ3v) is 11.4. The fourth-order valence-corrected chi connectivity index (χ4v) is 4.89. The average Bonchev–Trinajstić information content (AvgIpc) is 3.07. The molecule has 6 heteroatoms. The van der Waals surface area contributed by atoms with E-state index >= 15 is 0 Å². The van der Waals surface area contributed by atoms with Crippen molar-refractivity contribution >= 4 is 8.32 Å². The Morgan fingerprint density at radius 3 is 2.23 bits per heavy atom. The zero-order valence-corrected chi connectivity index (χ0v) is 21.2. The summed E-state index contributed by atoms with van der Waals surface area (Å²) in [5, 5.41) is 0.120. The van der Waals surface area contributed by atoms with E-state index < -0.39 is 26.0 Å². The predicted octanol–water partition coefficient (Wildman–Crippen LogP) is 5.50. The van der Waals surface area contributed by atoms with Gasteiger partial charge in [0.2, 0.25) is 0 Å². The maximum Gasteiger partial charge on any atom is 0.192 e. The standard InChI is InChI=1S/C24H40O5Si/c1-17(2)24(16-26-30(8,9)22(3,4)5)20(25-15-18-13-11-10-12-14-18)19-21(29-24)28-23(6,7)27-19/h10-14,17,19-21H,15-16H2,1-9H3/t19-,20+,21+,24-/m1/s1. The van der Waals surface area contributed by atoms with Crippen LogP contribution in [0.2, 0.25) is 18.1 Å². The molecule has 0 amide bonds. The summed E-state index contributed by atoms with van der Waals surface area (Å²) >= 11 is 0. The second-order valence-electron chi connectivity index (χ2n) is 11.0. The van der Waals surface area contributed by atoms with Gasteiger partial charge in [0, 0.05) is 0 Å². The lowest BCUT2D eigenvalue weighted by atomic mass is 9.85. The first-order valence-corrected chi connectivity index (χ1v) is 14.0. The highest BCUT2D eigenvalue weighted by atomic mass is 28.4. The van der Waals surface area contributed by atoms with Crippen LogP contribution < -0.4 is 0 Å². The van der Waals surface area contributed by atoms with E-state index in [0.717, 1.165) is 5.56 Å². The second-order valence-corrected chi connectivity index (χ2v) is 15.8. The molecule has 30 heavy (non-hydrogen) atoms. The van der Waals surface area contributed by atoms with E-state index in [-0.39, 0.29) is 23.2 Å². The third kappa shape index (κ3) is 4.69. The molecule has 0 aliphatic carbocycles. The molecular formula is C24H40O5Si. The molecule has 1 aromatic carbocycles. The molecule has 0 bridgehead atoms. The number of benzene rings is 1. The van der Waals surface area contributed by atoms with Crippen molar-refractivity contribution < 1.29 is 23.4 Å². The molecule has 2 heterocycles. The van der Waals surface area contributed by atoms with Gasteiger partial charge in [-0.3, -0.25) is 0 Å². The Morgan fingerprint density at radius 1 is 1.03 bits per heavy atom. The molecule has 0 N–H and O–H groups in total. The van der Waals surface area contributed by atoms with Crippen molar-refractivity contribution in [2.75, 3.05) is 6.61 Å². The minimum absolute atomic E-state index is 0.120. The van der Waals surface area contributed by atoms with E-state index in [1.165, 1.54) is 0 Å². The van der Waals surface area contributed by atoms with Crippen LogP contribution >= 0.6 is 0 Å². The predicted molar refractivity (Wildman–Crippen MR) is 121 cm³/mol. The molecule has 2 fully saturated rings. The Hall–Kier alpha value is -0.763. The van der Waals surface area contributed by atoms with Gasteiger partial charge in [0.05, 0.1) is 13.2 Å². The Labute approximate surface area is 183 Å². The van der Waals surface area contributed by atoms with Crippen molar-refractivity contribution in [2.45, 2.75) is 103 Å². The molecule has 0 saturated carbocycles. The van der Waals surface area contributed by atoms with E-state index in [1.807, 2.05) is 32.0 Å². The lowest BCUT2D eigenvalue weighted by Crippen LogP contribution is -2.56. The minimum Gasteiger partial charge on any atom is -0.414 e. The maximum absolute atomic E-state index is 6.66. The number of ether oxygens (including phenoxy) is 4. The van der Waals surface area contributed by atoms with Crippen LogP contribution in [0.4, 0.5) is 0 Å². The van der Waals surface area contributed by atoms with Crippen LogP contribution in [-0.4, -0.2) is 44.8 Å². The van der Waals surface area contributed by atoms with Gasteiger partial charge in [0.15, 0.2) is 20.4 Å². The van der Waals surface area contributed by atoms with Crippen LogP contribution in [0.3, 0.4) is 0 Å². The monoisotopic (exact) mass is 436 g/mol. The fourth-order valence-electron chi connectivity index (χ4n) is 3.87. The van der Waals surface area contributed by atoms with Gasteiger partial charge >= 0.3 is 0 Å². The number of hydrogen-bond donors (Lipinski definition) is 0. The van der Waals surface area contributed by atoms with Crippen LogP contribution in [0.25, 0.3) is 0 Å². The molecular weight excluding hydrogens is 396 g/mol. The van der Waals surface area contributed by atoms with Crippen molar-refractivity contribution in [2.24, 2.45) is 5.92 Å². The molecule has 170 valence electrons. The van der Waals surface area contributed by atoms with E-state index in [0.29, 0.717) is 13.2 Å². The van der Waals surface area contributed by atoms with Gasteiger partial charge in [-0.2, -0.15) is 0 Å². The highest BCUT2D eigenvalue weighted by molar-refractivity contribution is 6.74. The minimum atomic E-state index is -1.96. The van der Waals surface area contributed by atoms with E-state index in [1.54, 1.807) is 0 Å². The molecule has 0 radical (unpaired) electrons. The fraction of sp³-hybridized carbons (Fsp3) is 0.750. The van der Waals surface area contributed by atoms with Crippen molar-refractivity contribution in [1.82, 2.24) is 0 Å². The quantitative estimate of drug-likeness (QED) is 0.529. The first kappa shape index (κ1) is 23.9. The van der Waals surface area contributed by atoms with Crippen LogP contribution in [0.15, 0.2) is 30.3 Å². The van der Waals surface area contributed by atoms with Crippen molar-refractivity contribution in [3.05, 3.63) is 35.9 Å². The number of hydrogen-bond acceptors (Lipinski definition) is 5. The second kappa shape index (κ2) is 8.30. The average molecular weight is 437 g/mol. The topological polar surface area (TPSA) is 46.2 Å². The summed E-state index contributed by atoms with van der Waals surface area (Å²) in [6.07, 6.45) is -1.02. The number of fused-ring (bicyclic) bond motifs is 1. The molecule has 4 atom stereocenters. The lowest BCUT2D eigenvalue weighted by Gasteiger charge is -2.44. The van der Waals surface area contributed by atoms with Crippen LogP contribution in [0.5, 0.6) is 0 Å². The van der Waals surface area contributed by atoms with Gasteiger partial charge in [0.25, 0.3) is 0 Å². The van der Waals surface area contributed by atoms with Crippen molar-refractivity contribution in [1.29, 1.82) is 0 Å². The molecule has 0 spiro atoms. The van der Waals surface area contributed by atoms with Gasteiger partial charge < -0.3 is 23.4 Å². The van der Waals surface area contributed by atoms with Crippen LogP contribution in [-0.2, 0) is 30.0 Å². The highest BCUT2D eigenvalue weighted by Crippen LogP contribution is 2.48. The van der Waals surface area contributed by atoms with Crippen LogP contribution in [0, 0.1) is 5.92 Å². The van der Waals surface area contributed by atoms with Gasteiger partial charge in [-0.15, -0.1) is 0 Å². The molecule has 2 aliphatic heterocycles. The third-order valence-electron chi connectivity index (χ3n) is 6.92. The first-order valence-electron chi connectivity index (χ1n) is 11.1. The normalized spacial score (nSPS) is 31.3. The van der Waals surface area contributed by atoms with E-state index in [9.17, 15) is 0 Å². The summed E-state index contributed by atoms with van der Waals surface area (Å²) in [7, 11) is -1.96. The van der Waals surface area contributed by atoms with E-state index in [4.69, 9.17) is 23.4 Å². The summed E-state index contributed by atoms with van der Waals surface area (Å²) in [5.74, 6) is -0.517. The molecule has 1 aromatic rings. The molecule has 0 unspecified atom stereocenters. The summed E-state index contributed by atoms with van der Waals surface area (Å²) in [6, 6.07) is 10.2. The molecule has 2 aliphatic rings. The first-order chi connectivity index (χ1) is 13.8. The smallest absolute Gasteiger partial charge is 0.192 e. The van der Waals surface area contributed by atoms with Gasteiger partial charge in [-0.1, -0.05) is 65.0 Å². The van der Waals surface area contributed by atoms with Crippen molar-refractivity contribution in [3.8, 4) is 0 Å². The molecule has 0 aromatic heterocycles. The Balaban J connectivity index is 1.87. The summed E-state index contributed by atoms with van der Waals surface area (Å²) in [5.41, 5.74) is 0.498. The molecule has 2 saturated heterocycles. The summed E-state index contributed by atoms with van der Waals surface area (Å²) < 4.78 is 32.2. The lowest BCUT2D eigenvalue weighted by molar-refractivity contribution is -0.260. The highest BCUT2D eigenvalue weighted by Gasteiger charge is 2.64. The van der Waals surface area contributed by atoms with Crippen LogP contribution in [0.1, 0.15) is 54.0 Å². The Kier molecular flexibility index (Phi) is 6.61. The Bertz CT molecular complexity index is 712. The zero-order valence-electron chi connectivity index (χ0n) is 20.2. The SMILES string of the molecule is CC(C)[C@@]1(CO[Si](C)(C)C(C)(C)C)O[C@@H]2OC(C)(C)O[C@@H]2[C@@H]1OCc1ccccc1.